The van der Waals surface area contributed by atoms with Crippen LogP contribution in [0.15, 0.2) is 41.3 Å². The van der Waals surface area contributed by atoms with Gasteiger partial charge in [-0.1, -0.05) is 0 Å². The Morgan fingerprint density at radius 2 is 2.12 bits per heavy atom. The van der Waals surface area contributed by atoms with Crippen LogP contribution in [0.5, 0.6) is 0 Å². The van der Waals surface area contributed by atoms with E-state index in [0.29, 0.717) is 17.9 Å². The van der Waals surface area contributed by atoms with E-state index in [0.717, 1.165) is 32.7 Å². The molecule has 2 aliphatic rings. The van der Waals surface area contributed by atoms with Crippen molar-refractivity contribution in [2.75, 3.05) is 26.2 Å². The second kappa shape index (κ2) is 6.98. The molecule has 4 rings (SSSR count). The summed E-state index contributed by atoms with van der Waals surface area (Å²) < 4.78 is 11.3. The van der Waals surface area contributed by atoms with E-state index in [2.05, 4.69) is 9.88 Å². The predicted molar refractivity (Wildman–Crippen MR) is 92.1 cm³/mol. The van der Waals surface area contributed by atoms with Crippen molar-refractivity contribution < 1.29 is 13.9 Å². The van der Waals surface area contributed by atoms with Crippen molar-refractivity contribution in [1.82, 2.24) is 14.8 Å². The van der Waals surface area contributed by atoms with E-state index >= 15 is 0 Å². The number of carbonyl (C=O) groups is 1. The van der Waals surface area contributed by atoms with Crippen molar-refractivity contribution in [3.05, 3.63) is 53.7 Å². The zero-order chi connectivity index (χ0) is 17.2. The fourth-order valence-electron chi connectivity index (χ4n) is 3.82. The van der Waals surface area contributed by atoms with Crippen LogP contribution in [-0.2, 0) is 11.3 Å². The van der Waals surface area contributed by atoms with Gasteiger partial charge < -0.3 is 14.1 Å². The molecule has 4 heterocycles. The van der Waals surface area contributed by atoms with Crippen molar-refractivity contribution in [1.29, 1.82) is 0 Å². The van der Waals surface area contributed by atoms with Crippen LogP contribution in [0.4, 0.5) is 0 Å². The lowest BCUT2D eigenvalue weighted by atomic mass is 9.97. The zero-order valence-corrected chi connectivity index (χ0v) is 14.4. The number of fused-ring (bicyclic) bond motifs is 1. The maximum absolute atomic E-state index is 12.8. The number of hydrogen-bond donors (Lipinski definition) is 0. The third-order valence-corrected chi connectivity index (χ3v) is 5.21. The Morgan fingerprint density at radius 3 is 2.88 bits per heavy atom. The van der Waals surface area contributed by atoms with Crippen molar-refractivity contribution >= 4 is 5.91 Å². The Balaban J connectivity index is 1.49. The number of furan rings is 1. The van der Waals surface area contributed by atoms with Gasteiger partial charge in [-0.3, -0.25) is 14.7 Å². The second-order valence-electron chi connectivity index (χ2n) is 6.73. The van der Waals surface area contributed by atoms with Gasteiger partial charge in [-0.15, -0.1) is 0 Å². The van der Waals surface area contributed by atoms with Gasteiger partial charge in [0.05, 0.1) is 30.6 Å². The number of hydrogen-bond acceptors (Lipinski definition) is 5. The van der Waals surface area contributed by atoms with Crippen LogP contribution in [0.1, 0.15) is 28.1 Å². The number of amides is 1. The molecule has 0 N–H and O–H groups in total. The van der Waals surface area contributed by atoms with E-state index in [-0.39, 0.29) is 18.1 Å². The Kier molecular flexibility index (Phi) is 4.55. The Labute approximate surface area is 147 Å². The molecule has 2 aromatic heterocycles. The van der Waals surface area contributed by atoms with Crippen LogP contribution in [0, 0.1) is 6.92 Å². The minimum atomic E-state index is 0.0548. The third kappa shape index (κ3) is 3.32. The fourth-order valence-corrected chi connectivity index (χ4v) is 3.82. The Hall–Kier alpha value is -2.18. The summed E-state index contributed by atoms with van der Waals surface area (Å²) in [7, 11) is 0. The Bertz CT molecular complexity index is 731. The number of ether oxygens (including phenoxy) is 1. The molecule has 2 fully saturated rings. The molecule has 1 amide bonds. The molecule has 132 valence electrons. The summed E-state index contributed by atoms with van der Waals surface area (Å²) in [6.07, 6.45) is 6.30. The van der Waals surface area contributed by atoms with Crippen molar-refractivity contribution in [2.24, 2.45) is 0 Å². The highest BCUT2D eigenvalue weighted by Gasteiger charge is 2.38. The highest BCUT2D eigenvalue weighted by Crippen LogP contribution is 2.26. The van der Waals surface area contributed by atoms with E-state index in [9.17, 15) is 4.79 Å². The van der Waals surface area contributed by atoms with Crippen LogP contribution in [0.3, 0.4) is 0 Å². The number of likely N-dealkylation sites (tertiary alicyclic amines) is 1. The summed E-state index contributed by atoms with van der Waals surface area (Å²) in [4.78, 5) is 21.3. The summed E-state index contributed by atoms with van der Waals surface area (Å²) >= 11 is 0. The first kappa shape index (κ1) is 16.3. The molecule has 0 unspecified atom stereocenters. The van der Waals surface area contributed by atoms with E-state index in [1.165, 1.54) is 5.56 Å². The van der Waals surface area contributed by atoms with Crippen molar-refractivity contribution in [2.45, 2.75) is 32.0 Å². The minimum Gasteiger partial charge on any atom is -0.469 e. The predicted octanol–water partition coefficient (Wildman–Crippen LogP) is 2.10. The largest absolute Gasteiger partial charge is 0.469 e. The number of rotatable bonds is 3. The molecule has 2 aliphatic heterocycles. The molecule has 2 saturated heterocycles. The van der Waals surface area contributed by atoms with E-state index in [1.807, 2.05) is 36.4 Å². The Morgan fingerprint density at radius 1 is 1.28 bits per heavy atom. The molecular weight excluding hydrogens is 318 g/mol. The van der Waals surface area contributed by atoms with Gasteiger partial charge in [-0.25, -0.2) is 0 Å². The van der Waals surface area contributed by atoms with Crippen LogP contribution in [0.25, 0.3) is 0 Å². The van der Waals surface area contributed by atoms with Gasteiger partial charge in [0.1, 0.15) is 5.76 Å². The van der Waals surface area contributed by atoms with Gasteiger partial charge in [-0.2, -0.15) is 0 Å². The quantitative estimate of drug-likeness (QED) is 0.856. The smallest absolute Gasteiger partial charge is 0.257 e. The average molecular weight is 341 g/mol. The van der Waals surface area contributed by atoms with Crippen LogP contribution < -0.4 is 0 Å². The molecule has 0 aromatic carbocycles. The summed E-state index contributed by atoms with van der Waals surface area (Å²) in [5, 5.41) is 0. The van der Waals surface area contributed by atoms with Gasteiger partial charge in [0.15, 0.2) is 0 Å². The lowest BCUT2D eigenvalue weighted by Crippen LogP contribution is -2.60. The first-order valence-electron chi connectivity index (χ1n) is 8.80. The number of carbonyl (C=O) groups excluding carboxylic acids is 1. The maximum Gasteiger partial charge on any atom is 0.257 e. The third-order valence-electron chi connectivity index (χ3n) is 5.21. The maximum atomic E-state index is 12.8. The summed E-state index contributed by atoms with van der Waals surface area (Å²) in [5.74, 6) is 0.736. The summed E-state index contributed by atoms with van der Waals surface area (Å²) in [6, 6.07) is 6.08. The lowest BCUT2D eigenvalue weighted by molar-refractivity contribution is -0.101. The number of aryl methyl sites for hydroxylation is 1. The molecule has 6 nitrogen and oxygen atoms in total. The lowest BCUT2D eigenvalue weighted by Gasteiger charge is -2.47. The van der Waals surface area contributed by atoms with Crippen LogP contribution in [-0.4, -0.2) is 59.1 Å². The van der Waals surface area contributed by atoms with Crippen molar-refractivity contribution in [3.8, 4) is 0 Å². The first-order valence-corrected chi connectivity index (χ1v) is 8.80. The van der Waals surface area contributed by atoms with Gasteiger partial charge in [0.25, 0.3) is 5.91 Å². The van der Waals surface area contributed by atoms with Gasteiger partial charge in [-0.05, 0) is 37.1 Å². The highest BCUT2D eigenvalue weighted by atomic mass is 16.5. The molecule has 0 aliphatic carbocycles. The number of morpholine rings is 1. The highest BCUT2D eigenvalue weighted by molar-refractivity contribution is 5.95. The molecule has 2 atom stereocenters. The first-order chi connectivity index (χ1) is 12.2. The molecule has 0 spiro atoms. The average Bonchev–Trinajstić information content (AvgIpc) is 3.08. The SMILES string of the molecule is Cc1occc1C(=O)N1CC[C@H]2OCCN(Cc3ccncc3)[C@@H]2C1. The topological polar surface area (TPSA) is 58.8 Å². The standard InChI is InChI=1S/C19H23N3O3/c1-14-16(5-10-24-14)19(23)22-8-4-18-17(13-22)21(9-11-25-18)12-15-2-6-20-7-3-15/h2-3,5-7,10,17-18H,4,8-9,11-13H2,1H3/t17-,18-/m1/s1. The number of aromatic nitrogens is 1. The monoisotopic (exact) mass is 341 g/mol. The molecule has 2 aromatic rings. The van der Waals surface area contributed by atoms with E-state index in [4.69, 9.17) is 9.15 Å². The number of pyridine rings is 1. The summed E-state index contributed by atoms with van der Waals surface area (Å²) in [6.45, 7) is 5.75. The van der Waals surface area contributed by atoms with Gasteiger partial charge in [0, 0.05) is 38.6 Å². The normalized spacial score (nSPS) is 24.1. The molecule has 0 bridgehead atoms. The van der Waals surface area contributed by atoms with E-state index < -0.39 is 0 Å². The van der Waals surface area contributed by atoms with Crippen LogP contribution >= 0.6 is 0 Å². The fraction of sp³-hybridized carbons (Fsp3) is 0.474. The van der Waals surface area contributed by atoms with Gasteiger partial charge >= 0.3 is 0 Å². The number of piperidine rings is 1. The van der Waals surface area contributed by atoms with Crippen LogP contribution in [0.2, 0.25) is 0 Å². The van der Waals surface area contributed by atoms with Crippen molar-refractivity contribution in [3.63, 3.8) is 0 Å². The zero-order valence-electron chi connectivity index (χ0n) is 14.4. The molecular formula is C19H23N3O3. The van der Waals surface area contributed by atoms with Gasteiger partial charge in [0.2, 0.25) is 0 Å². The molecule has 6 heteroatoms. The number of nitrogens with zero attached hydrogens (tertiary/aromatic N) is 3. The molecule has 0 radical (unpaired) electrons. The molecule has 0 saturated carbocycles. The van der Waals surface area contributed by atoms with E-state index in [1.54, 1.807) is 12.3 Å². The summed E-state index contributed by atoms with van der Waals surface area (Å²) in [5.41, 5.74) is 1.90. The second-order valence-corrected chi connectivity index (χ2v) is 6.73. The minimum absolute atomic E-state index is 0.0548. The molecule has 25 heavy (non-hydrogen) atoms.